The van der Waals surface area contributed by atoms with Gasteiger partial charge < -0.3 is 17.2 Å². The molecule has 0 aliphatic heterocycles. The maximum absolute atomic E-state index is 5.63. The van der Waals surface area contributed by atoms with E-state index in [0.717, 1.165) is 11.1 Å². The first-order valence-electron chi connectivity index (χ1n) is 4.76. The maximum Gasteiger partial charge on any atom is 0.225 e. The topological polar surface area (TPSA) is 117 Å². The van der Waals surface area contributed by atoms with Gasteiger partial charge in [0.15, 0.2) is 5.82 Å². The van der Waals surface area contributed by atoms with E-state index in [4.69, 9.17) is 17.2 Å². The van der Waals surface area contributed by atoms with Gasteiger partial charge in [-0.25, -0.2) is 0 Å². The Morgan fingerprint density at radius 3 is 2.19 bits per heavy atom. The van der Waals surface area contributed by atoms with E-state index in [2.05, 4.69) is 15.0 Å². The quantitative estimate of drug-likeness (QED) is 0.658. The second-order valence-electron chi connectivity index (χ2n) is 3.24. The van der Waals surface area contributed by atoms with Crippen LogP contribution in [0.1, 0.15) is 5.56 Å². The van der Waals surface area contributed by atoms with Gasteiger partial charge in [-0.1, -0.05) is 24.3 Å². The summed E-state index contributed by atoms with van der Waals surface area (Å²) in [6.07, 6.45) is 0. The minimum absolute atomic E-state index is 0.106. The molecule has 0 bridgehead atoms. The number of benzene rings is 1. The summed E-state index contributed by atoms with van der Waals surface area (Å²) in [5.41, 5.74) is 18.4. The van der Waals surface area contributed by atoms with Gasteiger partial charge in [0.2, 0.25) is 11.9 Å². The number of hydrogen-bond donors (Lipinski definition) is 3. The summed E-state index contributed by atoms with van der Waals surface area (Å²) in [5, 5.41) is 0. The molecule has 1 aromatic heterocycles. The highest BCUT2D eigenvalue weighted by Gasteiger charge is 2.08. The zero-order valence-electron chi connectivity index (χ0n) is 8.59. The molecule has 0 aliphatic carbocycles. The van der Waals surface area contributed by atoms with Gasteiger partial charge in [0.05, 0.1) is 0 Å². The predicted octanol–water partition coefficient (Wildman–Crippen LogP) is 0.162. The van der Waals surface area contributed by atoms with Gasteiger partial charge in [-0.3, -0.25) is 0 Å². The van der Waals surface area contributed by atoms with Crippen LogP contribution in [0.3, 0.4) is 0 Å². The molecule has 6 heteroatoms. The third-order valence-corrected chi connectivity index (χ3v) is 2.15. The van der Waals surface area contributed by atoms with Crippen LogP contribution in [0.25, 0.3) is 11.4 Å². The highest BCUT2D eigenvalue weighted by atomic mass is 15.1. The van der Waals surface area contributed by atoms with Gasteiger partial charge in [0, 0.05) is 12.1 Å². The van der Waals surface area contributed by atoms with Crippen molar-refractivity contribution in [1.82, 2.24) is 15.0 Å². The van der Waals surface area contributed by atoms with E-state index < -0.39 is 0 Å². The van der Waals surface area contributed by atoms with Crippen LogP contribution in [0.4, 0.5) is 11.9 Å². The minimum Gasteiger partial charge on any atom is -0.368 e. The first kappa shape index (κ1) is 10.3. The Kier molecular flexibility index (Phi) is 2.65. The van der Waals surface area contributed by atoms with Crippen molar-refractivity contribution in [3.05, 3.63) is 29.8 Å². The van der Waals surface area contributed by atoms with Crippen molar-refractivity contribution in [2.45, 2.75) is 6.54 Å². The summed E-state index contributed by atoms with van der Waals surface area (Å²) in [7, 11) is 0. The van der Waals surface area contributed by atoms with Crippen LogP contribution < -0.4 is 17.2 Å². The Labute approximate surface area is 92.5 Å². The van der Waals surface area contributed by atoms with Gasteiger partial charge in [-0.05, 0) is 5.56 Å². The molecule has 16 heavy (non-hydrogen) atoms. The molecule has 1 aromatic carbocycles. The van der Waals surface area contributed by atoms with Crippen molar-refractivity contribution in [3.8, 4) is 11.4 Å². The van der Waals surface area contributed by atoms with Crippen molar-refractivity contribution >= 4 is 11.9 Å². The number of hydrogen-bond acceptors (Lipinski definition) is 6. The third kappa shape index (κ3) is 1.91. The number of nitrogens with two attached hydrogens (primary N) is 3. The average molecular weight is 216 g/mol. The van der Waals surface area contributed by atoms with Gasteiger partial charge in [0.25, 0.3) is 0 Å². The fourth-order valence-corrected chi connectivity index (χ4v) is 1.45. The smallest absolute Gasteiger partial charge is 0.225 e. The molecule has 82 valence electrons. The van der Waals surface area contributed by atoms with E-state index in [9.17, 15) is 0 Å². The molecule has 0 aliphatic rings. The predicted molar refractivity (Wildman–Crippen MR) is 62.0 cm³/mol. The molecular formula is C10H12N6. The lowest BCUT2D eigenvalue weighted by Crippen LogP contribution is -2.06. The van der Waals surface area contributed by atoms with Gasteiger partial charge in [-0.15, -0.1) is 0 Å². The first-order chi connectivity index (χ1) is 7.70. The van der Waals surface area contributed by atoms with E-state index in [0.29, 0.717) is 12.4 Å². The Morgan fingerprint density at radius 1 is 0.938 bits per heavy atom. The molecule has 6 N–H and O–H groups in total. The largest absolute Gasteiger partial charge is 0.368 e. The molecule has 1 heterocycles. The zero-order chi connectivity index (χ0) is 11.5. The van der Waals surface area contributed by atoms with Crippen molar-refractivity contribution < 1.29 is 0 Å². The van der Waals surface area contributed by atoms with Crippen LogP contribution >= 0.6 is 0 Å². The van der Waals surface area contributed by atoms with E-state index in [1.165, 1.54) is 0 Å². The SMILES string of the molecule is NCc1ccccc1-c1nc(N)nc(N)n1. The molecule has 0 atom stereocenters. The monoisotopic (exact) mass is 216 g/mol. The highest BCUT2D eigenvalue weighted by molar-refractivity contribution is 5.61. The van der Waals surface area contributed by atoms with Gasteiger partial charge in [0.1, 0.15) is 0 Å². The summed E-state index contributed by atoms with van der Waals surface area (Å²) >= 11 is 0. The second-order valence-corrected chi connectivity index (χ2v) is 3.24. The number of nitrogens with zero attached hydrogens (tertiary/aromatic N) is 3. The lowest BCUT2D eigenvalue weighted by Gasteiger charge is -2.06. The Bertz CT molecular complexity index is 490. The third-order valence-electron chi connectivity index (χ3n) is 2.15. The molecule has 2 rings (SSSR count). The van der Waals surface area contributed by atoms with Gasteiger partial charge in [-0.2, -0.15) is 15.0 Å². The molecule has 6 nitrogen and oxygen atoms in total. The van der Waals surface area contributed by atoms with Crippen LogP contribution in [-0.4, -0.2) is 15.0 Å². The second kappa shape index (κ2) is 4.11. The Balaban J connectivity index is 2.58. The number of aromatic nitrogens is 3. The fraction of sp³-hybridized carbons (Fsp3) is 0.100. The van der Waals surface area contributed by atoms with E-state index >= 15 is 0 Å². The van der Waals surface area contributed by atoms with Crippen LogP contribution in [0.15, 0.2) is 24.3 Å². The van der Waals surface area contributed by atoms with Gasteiger partial charge >= 0.3 is 0 Å². The lowest BCUT2D eigenvalue weighted by molar-refractivity contribution is 1.04. The molecule has 0 spiro atoms. The van der Waals surface area contributed by atoms with E-state index in [1.807, 2.05) is 24.3 Å². The number of rotatable bonds is 2. The summed E-state index contributed by atoms with van der Waals surface area (Å²) in [5.74, 6) is 0.662. The lowest BCUT2D eigenvalue weighted by atomic mass is 10.1. The molecule has 0 amide bonds. The standard InChI is InChI=1S/C10H12N6/c11-5-6-3-1-2-4-7(6)8-14-9(12)16-10(13)15-8/h1-4H,5,11H2,(H4,12,13,14,15,16). The summed E-state index contributed by atoms with van der Waals surface area (Å²) in [6.45, 7) is 0.404. The summed E-state index contributed by atoms with van der Waals surface area (Å²) in [6, 6.07) is 7.56. The molecule has 0 saturated heterocycles. The van der Waals surface area contributed by atoms with Crippen LogP contribution in [0.2, 0.25) is 0 Å². The molecular weight excluding hydrogens is 204 g/mol. The van der Waals surface area contributed by atoms with E-state index in [-0.39, 0.29) is 11.9 Å². The van der Waals surface area contributed by atoms with Crippen molar-refractivity contribution in [2.24, 2.45) is 5.73 Å². The maximum atomic E-state index is 5.63. The zero-order valence-corrected chi connectivity index (χ0v) is 8.59. The Hall–Kier alpha value is -2.21. The fourth-order valence-electron chi connectivity index (χ4n) is 1.45. The average Bonchev–Trinajstić information content (AvgIpc) is 2.27. The minimum atomic E-state index is 0.106. The normalized spacial score (nSPS) is 10.3. The first-order valence-corrected chi connectivity index (χ1v) is 4.76. The number of nitrogen functional groups attached to an aromatic ring is 2. The molecule has 0 fully saturated rings. The van der Waals surface area contributed by atoms with E-state index in [1.54, 1.807) is 0 Å². The van der Waals surface area contributed by atoms with Crippen molar-refractivity contribution in [1.29, 1.82) is 0 Å². The van der Waals surface area contributed by atoms with Crippen LogP contribution in [0.5, 0.6) is 0 Å². The molecule has 0 radical (unpaired) electrons. The summed E-state index contributed by atoms with van der Waals surface area (Å²) in [4.78, 5) is 11.8. The van der Waals surface area contributed by atoms with Crippen molar-refractivity contribution in [2.75, 3.05) is 11.5 Å². The molecule has 0 saturated carbocycles. The molecule has 2 aromatic rings. The highest BCUT2D eigenvalue weighted by Crippen LogP contribution is 2.20. The number of anilines is 2. The van der Waals surface area contributed by atoms with Crippen LogP contribution in [-0.2, 0) is 6.54 Å². The Morgan fingerprint density at radius 2 is 1.56 bits per heavy atom. The van der Waals surface area contributed by atoms with Crippen molar-refractivity contribution in [3.63, 3.8) is 0 Å². The summed E-state index contributed by atoms with van der Waals surface area (Å²) < 4.78 is 0. The molecule has 0 unspecified atom stereocenters. The van der Waals surface area contributed by atoms with Crippen LogP contribution in [0, 0.1) is 0 Å².